The van der Waals surface area contributed by atoms with Gasteiger partial charge in [0.1, 0.15) is 5.75 Å². The molecule has 6 rings (SSSR count). The number of hydrogen-bond acceptors (Lipinski definition) is 4. The van der Waals surface area contributed by atoms with Crippen LogP contribution in [0.15, 0.2) is 36.8 Å². The van der Waals surface area contributed by atoms with Crippen molar-refractivity contribution in [1.29, 1.82) is 0 Å². The van der Waals surface area contributed by atoms with Gasteiger partial charge in [-0.05, 0) is 49.5 Å². The highest BCUT2D eigenvalue weighted by Crippen LogP contribution is 2.47. The summed E-state index contributed by atoms with van der Waals surface area (Å²) in [5.41, 5.74) is 2.18. The van der Waals surface area contributed by atoms with Crippen molar-refractivity contribution in [3.05, 3.63) is 48.0 Å². The highest BCUT2D eigenvalue weighted by atomic mass is 16.5. The number of methoxy groups -OCH3 is 1. The molecular formula is C21H26N4O2. The number of hydrogen-bond donors (Lipinski definition) is 1. The van der Waals surface area contributed by atoms with Gasteiger partial charge in [-0.3, -0.25) is 9.69 Å². The molecule has 0 radical (unpaired) electrons. The number of aromatic amines is 1. The molecule has 2 aromatic rings. The zero-order chi connectivity index (χ0) is 18.4. The van der Waals surface area contributed by atoms with Crippen molar-refractivity contribution in [2.24, 2.45) is 5.92 Å². The Morgan fingerprint density at radius 3 is 2.89 bits per heavy atom. The van der Waals surface area contributed by atoms with Gasteiger partial charge < -0.3 is 14.6 Å². The topological polar surface area (TPSA) is 61.5 Å². The molecule has 0 unspecified atom stereocenters. The van der Waals surface area contributed by atoms with Crippen LogP contribution in [0.25, 0.3) is 0 Å². The molecule has 1 N–H and O–H groups in total. The van der Waals surface area contributed by atoms with E-state index in [0.29, 0.717) is 30.3 Å². The highest BCUT2D eigenvalue weighted by Gasteiger charge is 2.54. The van der Waals surface area contributed by atoms with Crippen molar-refractivity contribution in [2.75, 3.05) is 26.7 Å². The number of rotatable bonds is 4. The molecular weight excluding hydrogens is 340 g/mol. The highest BCUT2D eigenvalue weighted by molar-refractivity contribution is 5.79. The molecule has 0 aliphatic carbocycles. The Bertz CT molecular complexity index is 813. The number of likely N-dealkylation sites (tertiary alicyclic amines) is 1. The molecule has 3 atom stereocenters. The van der Waals surface area contributed by atoms with Crippen molar-refractivity contribution in [1.82, 2.24) is 19.8 Å². The number of carbonyl (C=O) groups is 1. The maximum absolute atomic E-state index is 13.2. The van der Waals surface area contributed by atoms with Gasteiger partial charge >= 0.3 is 0 Å². The van der Waals surface area contributed by atoms with Gasteiger partial charge in [0.15, 0.2) is 0 Å². The first-order chi connectivity index (χ1) is 13.2. The van der Waals surface area contributed by atoms with E-state index in [0.717, 1.165) is 31.1 Å². The molecule has 2 bridgehead atoms. The Labute approximate surface area is 159 Å². The van der Waals surface area contributed by atoms with Gasteiger partial charge in [-0.1, -0.05) is 12.1 Å². The molecule has 1 aromatic carbocycles. The van der Waals surface area contributed by atoms with E-state index >= 15 is 0 Å². The first-order valence-electron chi connectivity index (χ1n) is 9.89. The van der Waals surface area contributed by atoms with E-state index in [1.165, 1.54) is 18.4 Å². The average molecular weight is 366 g/mol. The quantitative estimate of drug-likeness (QED) is 0.900. The zero-order valence-corrected chi connectivity index (χ0v) is 15.7. The fourth-order valence-electron chi connectivity index (χ4n) is 5.52. The Balaban J connectivity index is 1.47. The Morgan fingerprint density at radius 1 is 1.30 bits per heavy atom. The second kappa shape index (κ2) is 6.68. The Kier molecular flexibility index (Phi) is 4.16. The molecule has 27 heavy (non-hydrogen) atoms. The van der Waals surface area contributed by atoms with Crippen LogP contribution in [0.4, 0.5) is 0 Å². The second-order valence-corrected chi connectivity index (χ2v) is 8.04. The average Bonchev–Trinajstić information content (AvgIpc) is 3.37. The second-order valence-electron chi connectivity index (χ2n) is 8.04. The zero-order valence-electron chi connectivity index (χ0n) is 15.7. The summed E-state index contributed by atoms with van der Waals surface area (Å²) in [6, 6.07) is 9.15. The van der Waals surface area contributed by atoms with E-state index in [4.69, 9.17) is 4.74 Å². The molecule has 6 nitrogen and oxygen atoms in total. The number of H-pyrrole nitrogens is 1. The summed E-state index contributed by atoms with van der Waals surface area (Å²) in [5, 5.41) is 0. The lowest BCUT2D eigenvalue weighted by atomic mass is 9.75. The lowest BCUT2D eigenvalue weighted by Gasteiger charge is -2.51. The molecule has 4 aliphatic heterocycles. The van der Waals surface area contributed by atoms with E-state index in [9.17, 15) is 4.79 Å². The van der Waals surface area contributed by atoms with E-state index in [1.54, 1.807) is 19.6 Å². The predicted molar refractivity (Wildman–Crippen MR) is 102 cm³/mol. The monoisotopic (exact) mass is 366 g/mol. The largest absolute Gasteiger partial charge is 0.497 e. The molecule has 4 saturated heterocycles. The van der Waals surface area contributed by atoms with Gasteiger partial charge in [-0.15, -0.1) is 0 Å². The molecule has 4 fully saturated rings. The minimum Gasteiger partial charge on any atom is -0.497 e. The van der Waals surface area contributed by atoms with Crippen LogP contribution in [0.1, 0.15) is 30.0 Å². The summed E-state index contributed by atoms with van der Waals surface area (Å²) in [6.07, 6.45) is 6.21. The first-order valence-corrected chi connectivity index (χ1v) is 9.89. The number of piperidine rings is 3. The maximum atomic E-state index is 13.2. The number of nitrogens with one attached hydrogen (secondary N) is 1. The Morgan fingerprint density at radius 2 is 2.15 bits per heavy atom. The van der Waals surface area contributed by atoms with E-state index in [2.05, 4.69) is 38.0 Å². The summed E-state index contributed by atoms with van der Waals surface area (Å²) in [6.45, 7) is 3.12. The van der Waals surface area contributed by atoms with E-state index in [1.807, 2.05) is 6.07 Å². The normalized spacial score (nSPS) is 31.7. The van der Waals surface area contributed by atoms with Gasteiger partial charge in [0.2, 0.25) is 5.91 Å². The van der Waals surface area contributed by atoms with Gasteiger partial charge in [-0.2, -0.15) is 0 Å². The standard InChI is InChI=1S/C21H26N4O2/c1-27-17-4-2-3-15(9-17)18-12-25(19(26)10-16-11-22-13-23-16)20-14-5-7-24(8-6-14)21(18)20/h2-4,9,11,13-14,18,20-21H,5-8,10,12H2,1H3,(H,22,23)/t18-,20-,21-/m1/s1. The predicted octanol–water partition coefficient (Wildman–Crippen LogP) is 2.05. The van der Waals surface area contributed by atoms with E-state index in [-0.39, 0.29) is 5.91 Å². The summed E-state index contributed by atoms with van der Waals surface area (Å²) < 4.78 is 5.45. The van der Waals surface area contributed by atoms with Crippen LogP contribution >= 0.6 is 0 Å². The van der Waals surface area contributed by atoms with Crippen LogP contribution < -0.4 is 4.74 Å². The summed E-state index contributed by atoms with van der Waals surface area (Å²) >= 11 is 0. The van der Waals surface area contributed by atoms with Crippen molar-refractivity contribution < 1.29 is 9.53 Å². The lowest BCUT2D eigenvalue weighted by molar-refractivity contribution is -0.135. The summed E-state index contributed by atoms with van der Waals surface area (Å²) in [7, 11) is 1.71. The fraction of sp³-hybridized carbons (Fsp3) is 0.524. The van der Waals surface area contributed by atoms with Crippen molar-refractivity contribution in [3.63, 3.8) is 0 Å². The number of fused-ring (bicyclic) bond motifs is 2. The lowest BCUT2D eigenvalue weighted by Crippen LogP contribution is -2.60. The number of ether oxygens (including phenoxy) is 1. The third-order valence-corrected chi connectivity index (χ3v) is 6.73. The third kappa shape index (κ3) is 2.83. The van der Waals surface area contributed by atoms with Crippen molar-refractivity contribution in [3.8, 4) is 5.75 Å². The smallest absolute Gasteiger partial charge is 0.228 e. The maximum Gasteiger partial charge on any atom is 0.228 e. The molecule has 5 heterocycles. The van der Waals surface area contributed by atoms with Crippen LogP contribution in [0, 0.1) is 5.92 Å². The Hall–Kier alpha value is -2.34. The number of amides is 1. The molecule has 6 heteroatoms. The minimum absolute atomic E-state index is 0.216. The number of carbonyl (C=O) groups excluding carboxylic acids is 1. The SMILES string of the molecule is COc1cccc([C@H]2CN(C(=O)Cc3cnc[nH]3)[C@@H]3C4CCN(CC4)[C@H]23)c1. The molecule has 1 aromatic heterocycles. The van der Waals surface area contributed by atoms with Crippen molar-refractivity contribution in [2.45, 2.75) is 37.3 Å². The molecule has 142 valence electrons. The van der Waals surface area contributed by atoms with Crippen LogP contribution in [-0.4, -0.2) is 64.5 Å². The van der Waals surface area contributed by atoms with Crippen molar-refractivity contribution >= 4 is 5.91 Å². The summed E-state index contributed by atoms with van der Waals surface area (Å²) in [4.78, 5) is 25.1. The minimum atomic E-state index is 0.216. The van der Waals surface area contributed by atoms with Gasteiger partial charge in [0, 0.05) is 30.4 Å². The van der Waals surface area contributed by atoms with Gasteiger partial charge in [0.05, 0.1) is 25.9 Å². The molecule has 0 saturated carbocycles. The number of benzene rings is 1. The third-order valence-electron chi connectivity index (χ3n) is 6.73. The van der Waals surface area contributed by atoms with Gasteiger partial charge in [0.25, 0.3) is 0 Å². The first kappa shape index (κ1) is 16.8. The van der Waals surface area contributed by atoms with E-state index < -0.39 is 0 Å². The molecule has 0 spiro atoms. The molecule has 1 amide bonds. The molecule has 4 aliphatic rings. The van der Waals surface area contributed by atoms with Crippen LogP contribution in [0.2, 0.25) is 0 Å². The number of aromatic nitrogens is 2. The number of imidazole rings is 1. The summed E-state index contributed by atoms with van der Waals surface area (Å²) in [5.74, 6) is 2.08. The van der Waals surface area contributed by atoms with Crippen LogP contribution in [0.3, 0.4) is 0 Å². The fourth-order valence-corrected chi connectivity index (χ4v) is 5.52. The van der Waals surface area contributed by atoms with Crippen LogP contribution in [-0.2, 0) is 11.2 Å². The van der Waals surface area contributed by atoms with Crippen LogP contribution in [0.5, 0.6) is 5.75 Å². The number of nitrogens with zero attached hydrogens (tertiary/aromatic N) is 3. The van der Waals surface area contributed by atoms with Gasteiger partial charge in [-0.25, -0.2) is 4.98 Å².